The molecule has 6 nitrogen and oxygen atoms in total. The lowest BCUT2D eigenvalue weighted by Crippen LogP contribution is -2.20. The van der Waals surface area contributed by atoms with Gasteiger partial charge in [-0.1, -0.05) is 11.6 Å². The minimum Gasteiger partial charge on any atom is -0.497 e. The summed E-state index contributed by atoms with van der Waals surface area (Å²) in [6, 6.07) is 9.89. The maximum absolute atomic E-state index is 13.6. The number of fused-ring (bicyclic) bond motifs is 1. The van der Waals surface area contributed by atoms with E-state index in [1.165, 1.54) is 17.1 Å². The zero-order valence-corrected chi connectivity index (χ0v) is 19.7. The molecule has 29 heavy (non-hydrogen) atoms. The molecule has 1 aromatic heterocycles. The van der Waals surface area contributed by atoms with Crippen LogP contribution >= 0.6 is 27.5 Å². The molecule has 1 heterocycles. The maximum atomic E-state index is 13.6. The van der Waals surface area contributed by atoms with Crippen molar-refractivity contribution in [2.45, 2.75) is 11.8 Å². The fourth-order valence-electron chi connectivity index (χ4n) is 3.07. The lowest BCUT2D eigenvalue weighted by Gasteiger charge is -2.13. The van der Waals surface area contributed by atoms with Crippen molar-refractivity contribution in [1.82, 2.24) is 8.87 Å². The van der Waals surface area contributed by atoms with Gasteiger partial charge in [-0.25, -0.2) is 12.4 Å². The SMILES string of the molecule is COc1ccc(S(=O)(=O)n2c(C)c(OCCN(C)C)c3ccc(Cl)cc32)c(Br)c1. The first-order chi connectivity index (χ1) is 13.7. The monoisotopic (exact) mass is 500 g/mol. The summed E-state index contributed by atoms with van der Waals surface area (Å²) in [5, 5.41) is 1.14. The van der Waals surface area contributed by atoms with Gasteiger partial charge in [0.2, 0.25) is 0 Å². The van der Waals surface area contributed by atoms with Crippen LogP contribution in [0.25, 0.3) is 10.9 Å². The standard InChI is InChI=1S/C20H22BrClN2O4S/c1-13-20(28-10-9-23(2)3)16-7-5-14(22)11-18(16)24(13)29(25,26)19-8-6-15(27-4)12-17(19)21/h5-8,11-12H,9-10H2,1-4H3. The molecule has 0 saturated heterocycles. The number of halogens is 2. The zero-order valence-electron chi connectivity index (χ0n) is 16.6. The van der Waals surface area contributed by atoms with Crippen LogP contribution in [0.4, 0.5) is 0 Å². The van der Waals surface area contributed by atoms with Crippen LogP contribution in [0.1, 0.15) is 5.69 Å². The molecule has 0 atom stereocenters. The smallest absolute Gasteiger partial charge is 0.269 e. The van der Waals surface area contributed by atoms with Gasteiger partial charge in [0.05, 0.1) is 18.3 Å². The molecular weight excluding hydrogens is 480 g/mol. The summed E-state index contributed by atoms with van der Waals surface area (Å²) in [5.41, 5.74) is 0.960. The van der Waals surface area contributed by atoms with Crippen LogP contribution in [0, 0.1) is 6.92 Å². The molecule has 3 rings (SSSR count). The molecule has 0 bridgehead atoms. The van der Waals surface area contributed by atoms with E-state index in [9.17, 15) is 8.42 Å². The summed E-state index contributed by atoms with van der Waals surface area (Å²) < 4.78 is 40.0. The highest BCUT2D eigenvalue weighted by molar-refractivity contribution is 9.10. The van der Waals surface area contributed by atoms with E-state index in [-0.39, 0.29) is 4.90 Å². The number of benzene rings is 2. The second-order valence-electron chi connectivity index (χ2n) is 6.79. The van der Waals surface area contributed by atoms with Crippen molar-refractivity contribution in [2.24, 2.45) is 0 Å². The van der Waals surface area contributed by atoms with Gasteiger partial charge >= 0.3 is 0 Å². The Morgan fingerprint density at radius 1 is 1.17 bits per heavy atom. The van der Waals surface area contributed by atoms with Gasteiger partial charge in [0.1, 0.15) is 23.0 Å². The van der Waals surface area contributed by atoms with Crippen molar-refractivity contribution in [3.8, 4) is 11.5 Å². The minimum atomic E-state index is -3.92. The predicted octanol–water partition coefficient (Wildman–Crippen LogP) is 4.55. The van der Waals surface area contributed by atoms with Crippen molar-refractivity contribution >= 4 is 48.5 Å². The molecule has 0 amide bonds. The molecule has 0 saturated carbocycles. The molecule has 3 aromatic rings. The van der Waals surface area contributed by atoms with Gasteiger partial charge in [-0.3, -0.25) is 0 Å². The predicted molar refractivity (Wildman–Crippen MR) is 119 cm³/mol. The summed E-state index contributed by atoms with van der Waals surface area (Å²) in [5.74, 6) is 1.09. The lowest BCUT2D eigenvalue weighted by atomic mass is 10.2. The van der Waals surface area contributed by atoms with E-state index in [1.807, 2.05) is 19.0 Å². The molecular formula is C20H22BrClN2O4S. The second kappa shape index (κ2) is 8.55. The Morgan fingerprint density at radius 2 is 1.90 bits per heavy atom. The maximum Gasteiger partial charge on any atom is 0.269 e. The Kier molecular flexibility index (Phi) is 6.48. The van der Waals surface area contributed by atoms with Crippen LogP contribution in [-0.2, 0) is 10.0 Å². The number of hydrogen-bond acceptors (Lipinski definition) is 5. The first-order valence-corrected chi connectivity index (χ1v) is 11.4. The van der Waals surface area contributed by atoms with E-state index < -0.39 is 10.0 Å². The highest BCUT2D eigenvalue weighted by Crippen LogP contribution is 2.38. The normalized spacial score (nSPS) is 12.0. The van der Waals surface area contributed by atoms with Gasteiger partial charge in [0.15, 0.2) is 0 Å². The Labute approximate surface area is 184 Å². The molecule has 0 radical (unpaired) electrons. The van der Waals surface area contributed by atoms with Crippen molar-refractivity contribution < 1.29 is 17.9 Å². The van der Waals surface area contributed by atoms with Gasteiger partial charge in [-0.15, -0.1) is 0 Å². The fraction of sp³-hybridized carbons (Fsp3) is 0.300. The van der Waals surface area contributed by atoms with Crippen LogP contribution in [0.5, 0.6) is 11.5 Å². The zero-order chi connectivity index (χ0) is 21.3. The summed E-state index contributed by atoms with van der Waals surface area (Å²) >= 11 is 9.54. The van der Waals surface area contributed by atoms with E-state index in [2.05, 4.69) is 15.9 Å². The van der Waals surface area contributed by atoms with Crippen molar-refractivity contribution in [2.75, 3.05) is 34.4 Å². The van der Waals surface area contributed by atoms with E-state index in [1.54, 1.807) is 37.3 Å². The first kappa shape index (κ1) is 22.0. The van der Waals surface area contributed by atoms with Gasteiger partial charge < -0.3 is 14.4 Å². The molecule has 0 aliphatic heterocycles. The lowest BCUT2D eigenvalue weighted by molar-refractivity contribution is 0.262. The highest BCUT2D eigenvalue weighted by atomic mass is 79.9. The molecule has 0 spiro atoms. The quantitative estimate of drug-likeness (QED) is 0.475. The Hall–Kier alpha value is -1.74. The van der Waals surface area contributed by atoms with Gasteiger partial charge in [0.25, 0.3) is 10.0 Å². The van der Waals surface area contributed by atoms with Crippen LogP contribution in [-0.4, -0.2) is 51.6 Å². The van der Waals surface area contributed by atoms with Crippen LogP contribution in [0.3, 0.4) is 0 Å². The van der Waals surface area contributed by atoms with Crippen molar-refractivity contribution in [3.05, 3.63) is 51.6 Å². The largest absolute Gasteiger partial charge is 0.497 e. The van der Waals surface area contributed by atoms with Gasteiger partial charge in [-0.05, 0) is 73.3 Å². The van der Waals surface area contributed by atoms with Crippen molar-refractivity contribution in [3.63, 3.8) is 0 Å². The molecule has 0 aliphatic carbocycles. The highest BCUT2D eigenvalue weighted by Gasteiger charge is 2.28. The molecule has 0 fully saturated rings. The Balaban J connectivity index is 2.20. The summed E-state index contributed by atoms with van der Waals surface area (Å²) in [6.45, 7) is 2.87. The Morgan fingerprint density at radius 3 is 2.52 bits per heavy atom. The van der Waals surface area contributed by atoms with Crippen LogP contribution < -0.4 is 9.47 Å². The second-order valence-corrected chi connectivity index (χ2v) is 9.84. The molecule has 0 N–H and O–H groups in total. The number of hydrogen-bond donors (Lipinski definition) is 0. The fourth-order valence-corrected chi connectivity index (χ4v) is 5.80. The summed E-state index contributed by atoms with van der Waals surface area (Å²) in [7, 11) is 1.50. The summed E-state index contributed by atoms with van der Waals surface area (Å²) in [6.07, 6.45) is 0. The van der Waals surface area contributed by atoms with E-state index in [0.29, 0.717) is 50.7 Å². The number of methoxy groups -OCH3 is 1. The average molecular weight is 502 g/mol. The van der Waals surface area contributed by atoms with Crippen molar-refractivity contribution in [1.29, 1.82) is 0 Å². The molecule has 0 aliphatic rings. The van der Waals surface area contributed by atoms with Crippen LogP contribution in [0.2, 0.25) is 5.02 Å². The Bertz CT molecular complexity index is 1160. The number of rotatable bonds is 7. The third-order valence-electron chi connectivity index (χ3n) is 4.50. The minimum absolute atomic E-state index is 0.123. The first-order valence-electron chi connectivity index (χ1n) is 8.84. The summed E-state index contributed by atoms with van der Waals surface area (Å²) in [4.78, 5) is 2.12. The molecule has 156 valence electrons. The average Bonchev–Trinajstić information content (AvgIpc) is 2.92. The van der Waals surface area contributed by atoms with E-state index >= 15 is 0 Å². The van der Waals surface area contributed by atoms with Crippen LogP contribution in [0.15, 0.2) is 45.8 Å². The number of nitrogens with zero attached hydrogens (tertiary/aromatic N) is 2. The number of ether oxygens (including phenoxy) is 2. The molecule has 0 unspecified atom stereocenters. The molecule has 9 heteroatoms. The van der Waals surface area contributed by atoms with Gasteiger partial charge in [0, 0.05) is 21.4 Å². The third-order valence-corrected chi connectivity index (χ3v) is 7.52. The van der Waals surface area contributed by atoms with Gasteiger partial charge in [-0.2, -0.15) is 0 Å². The molecule has 2 aromatic carbocycles. The third kappa shape index (κ3) is 4.26. The van der Waals surface area contributed by atoms with E-state index in [0.717, 1.165) is 0 Å². The number of aromatic nitrogens is 1. The number of likely N-dealkylation sites (N-methyl/N-ethyl adjacent to an activating group) is 1. The topological polar surface area (TPSA) is 60.8 Å². The van der Waals surface area contributed by atoms with E-state index in [4.69, 9.17) is 21.1 Å².